The van der Waals surface area contributed by atoms with Gasteiger partial charge in [0.25, 0.3) is 0 Å². The second-order valence-corrected chi connectivity index (χ2v) is 5.58. The molecule has 0 fully saturated rings. The molecule has 5 heteroatoms. The molecule has 3 aromatic rings. The second-order valence-electron chi connectivity index (χ2n) is 4.26. The molecule has 1 heterocycles. The summed E-state index contributed by atoms with van der Waals surface area (Å²) in [4.78, 5) is 0. The molecule has 100 valence electrons. The number of halogens is 2. The standard InChI is InChI=1S/C15H10BrClN2O/c16-10-6-7-12(17)11(8-10)14-13(15(18)20-19-14)9-4-2-1-3-5-9/h1-8H,18H2. The van der Waals surface area contributed by atoms with E-state index in [4.69, 9.17) is 21.9 Å². The second kappa shape index (κ2) is 5.31. The van der Waals surface area contributed by atoms with E-state index in [2.05, 4.69) is 21.1 Å². The van der Waals surface area contributed by atoms with Gasteiger partial charge >= 0.3 is 0 Å². The molecule has 0 radical (unpaired) electrons. The molecule has 3 rings (SSSR count). The Labute approximate surface area is 129 Å². The monoisotopic (exact) mass is 348 g/mol. The number of hydrogen-bond acceptors (Lipinski definition) is 3. The van der Waals surface area contributed by atoms with E-state index in [0.29, 0.717) is 10.7 Å². The zero-order valence-electron chi connectivity index (χ0n) is 10.3. The molecule has 0 saturated carbocycles. The van der Waals surface area contributed by atoms with Crippen molar-refractivity contribution in [3.8, 4) is 22.4 Å². The number of nitrogens with two attached hydrogens (primary N) is 1. The molecule has 0 aliphatic carbocycles. The van der Waals surface area contributed by atoms with E-state index in [1.54, 1.807) is 6.07 Å². The van der Waals surface area contributed by atoms with Crippen LogP contribution >= 0.6 is 27.5 Å². The van der Waals surface area contributed by atoms with Crippen LogP contribution in [0, 0.1) is 0 Å². The molecule has 0 spiro atoms. The van der Waals surface area contributed by atoms with Crippen molar-refractivity contribution in [1.29, 1.82) is 0 Å². The Morgan fingerprint density at radius 1 is 1.10 bits per heavy atom. The topological polar surface area (TPSA) is 52.0 Å². The van der Waals surface area contributed by atoms with E-state index < -0.39 is 0 Å². The van der Waals surface area contributed by atoms with Gasteiger partial charge in [0.1, 0.15) is 5.69 Å². The van der Waals surface area contributed by atoms with Gasteiger partial charge in [-0.1, -0.05) is 63.0 Å². The first-order chi connectivity index (χ1) is 9.66. The lowest BCUT2D eigenvalue weighted by atomic mass is 10.0. The average molecular weight is 350 g/mol. The fourth-order valence-corrected chi connectivity index (χ4v) is 2.62. The average Bonchev–Trinajstić information content (AvgIpc) is 2.84. The number of nitrogens with zero attached hydrogens (tertiary/aromatic N) is 1. The summed E-state index contributed by atoms with van der Waals surface area (Å²) in [5.41, 5.74) is 9.03. The molecule has 0 aliphatic rings. The van der Waals surface area contributed by atoms with Crippen molar-refractivity contribution in [1.82, 2.24) is 5.16 Å². The van der Waals surface area contributed by atoms with Gasteiger partial charge in [-0.25, -0.2) is 0 Å². The Hall–Kier alpha value is -1.78. The van der Waals surface area contributed by atoms with Crippen LogP contribution in [0.2, 0.25) is 5.02 Å². The number of anilines is 1. The Bertz CT molecular complexity index is 756. The Morgan fingerprint density at radius 2 is 1.85 bits per heavy atom. The summed E-state index contributed by atoms with van der Waals surface area (Å²) in [6, 6.07) is 15.3. The van der Waals surface area contributed by atoms with Gasteiger partial charge in [-0.15, -0.1) is 0 Å². The Kier molecular flexibility index (Phi) is 3.51. The summed E-state index contributed by atoms with van der Waals surface area (Å²) >= 11 is 9.69. The number of benzene rings is 2. The molecule has 0 atom stereocenters. The first kappa shape index (κ1) is 13.2. The SMILES string of the molecule is Nc1onc(-c2cc(Br)ccc2Cl)c1-c1ccccc1. The summed E-state index contributed by atoms with van der Waals surface area (Å²) in [6.45, 7) is 0. The van der Waals surface area contributed by atoms with Crippen LogP contribution in [0.25, 0.3) is 22.4 Å². The lowest BCUT2D eigenvalue weighted by molar-refractivity contribution is 0.439. The number of rotatable bonds is 2. The Morgan fingerprint density at radius 3 is 2.60 bits per heavy atom. The van der Waals surface area contributed by atoms with Crippen LogP contribution < -0.4 is 5.73 Å². The van der Waals surface area contributed by atoms with Crippen LogP contribution in [0.5, 0.6) is 0 Å². The summed E-state index contributed by atoms with van der Waals surface area (Å²) < 4.78 is 6.07. The van der Waals surface area contributed by atoms with Crippen molar-refractivity contribution in [2.75, 3.05) is 5.73 Å². The van der Waals surface area contributed by atoms with Gasteiger partial charge in [-0.2, -0.15) is 0 Å². The summed E-state index contributed by atoms with van der Waals surface area (Å²) in [5, 5.41) is 4.66. The molecular weight excluding hydrogens is 340 g/mol. The first-order valence-electron chi connectivity index (χ1n) is 5.93. The minimum absolute atomic E-state index is 0.280. The lowest BCUT2D eigenvalue weighted by Crippen LogP contribution is -1.88. The third-order valence-electron chi connectivity index (χ3n) is 2.96. The molecular formula is C15H10BrClN2O. The van der Waals surface area contributed by atoms with Crippen LogP contribution in [-0.2, 0) is 0 Å². The van der Waals surface area contributed by atoms with Gasteiger partial charge < -0.3 is 10.3 Å². The highest BCUT2D eigenvalue weighted by molar-refractivity contribution is 9.10. The van der Waals surface area contributed by atoms with Gasteiger partial charge in [0.2, 0.25) is 5.88 Å². The molecule has 2 N–H and O–H groups in total. The highest BCUT2D eigenvalue weighted by atomic mass is 79.9. The summed E-state index contributed by atoms with van der Waals surface area (Å²) in [5.74, 6) is 0.280. The molecule has 2 aromatic carbocycles. The van der Waals surface area contributed by atoms with Gasteiger partial charge in [-0.3, -0.25) is 0 Å². The highest BCUT2D eigenvalue weighted by Gasteiger charge is 2.19. The van der Waals surface area contributed by atoms with E-state index in [0.717, 1.165) is 21.2 Å². The predicted molar refractivity (Wildman–Crippen MR) is 84.5 cm³/mol. The maximum atomic E-state index is 6.26. The smallest absolute Gasteiger partial charge is 0.230 e. The van der Waals surface area contributed by atoms with Crippen molar-refractivity contribution in [3.05, 3.63) is 58.0 Å². The summed E-state index contributed by atoms with van der Waals surface area (Å²) in [6.07, 6.45) is 0. The van der Waals surface area contributed by atoms with Crippen molar-refractivity contribution < 1.29 is 4.52 Å². The fourth-order valence-electron chi connectivity index (χ4n) is 2.05. The lowest BCUT2D eigenvalue weighted by Gasteiger charge is -2.05. The van der Waals surface area contributed by atoms with Crippen molar-refractivity contribution in [2.45, 2.75) is 0 Å². The largest absolute Gasteiger partial charge is 0.367 e. The fraction of sp³-hybridized carbons (Fsp3) is 0. The number of nitrogen functional groups attached to an aromatic ring is 1. The molecule has 0 unspecified atom stereocenters. The van der Waals surface area contributed by atoms with Gasteiger partial charge in [0, 0.05) is 10.0 Å². The van der Waals surface area contributed by atoms with Crippen LogP contribution in [0.15, 0.2) is 57.5 Å². The molecule has 0 saturated heterocycles. The molecule has 0 amide bonds. The maximum Gasteiger partial charge on any atom is 0.230 e. The van der Waals surface area contributed by atoms with Crippen LogP contribution in [0.1, 0.15) is 0 Å². The van der Waals surface area contributed by atoms with Crippen molar-refractivity contribution in [2.24, 2.45) is 0 Å². The van der Waals surface area contributed by atoms with Gasteiger partial charge in [0.15, 0.2) is 0 Å². The zero-order chi connectivity index (χ0) is 14.1. The third-order valence-corrected chi connectivity index (χ3v) is 3.79. The molecule has 1 aromatic heterocycles. The van der Waals surface area contributed by atoms with Crippen LogP contribution in [0.4, 0.5) is 5.88 Å². The van der Waals surface area contributed by atoms with E-state index in [1.807, 2.05) is 42.5 Å². The van der Waals surface area contributed by atoms with Gasteiger partial charge in [0.05, 0.1) is 10.6 Å². The molecule has 0 aliphatic heterocycles. The van der Waals surface area contributed by atoms with Crippen molar-refractivity contribution >= 4 is 33.4 Å². The third kappa shape index (κ3) is 2.32. The summed E-state index contributed by atoms with van der Waals surface area (Å²) in [7, 11) is 0. The van der Waals surface area contributed by atoms with Crippen LogP contribution in [-0.4, -0.2) is 5.16 Å². The Balaban J connectivity index is 2.24. The first-order valence-corrected chi connectivity index (χ1v) is 7.10. The minimum atomic E-state index is 0.280. The van der Waals surface area contributed by atoms with Crippen LogP contribution in [0.3, 0.4) is 0 Å². The zero-order valence-corrected chi connectivity index (χ0v) is 12.6. The predicted octanol–water partition coefficient (Wildman–Crippen LogP) is 5.01. The maximum absolute atomic E-state index is 6.26. The number of hydrogen-bond donors (Lipinski definition) is 1. The van der Waals surface area contributed by atoms with Gasteiger partial charge in [-0.05, 0) is 23.8 Å². The minimum Gasteiger partial charge on any atom is -0.367 e. The normalized spacial score (nSPS) is 10.7. The van der Waals surface area contributed by atoms with E-state index in [1.165, 1.54) is 0 Å². The molecule has 20 heavy (non-hydrogen) atoms. The highest BCUT2D eigenvalue weighted by Crippen LogP contribution is 2.39. The number of aromatic nitrogens is 1. The van der Waals surface area contributed by atoms with Crippen molar-refractivity contribution in [3.63, 3.8) is 0 Å². The van der Waals surface area contributed by atoms with E-state index >= 15 is 0 Å². The molecule has 0 bridgehead atoms. The van der Waals surface area contributed by atoms with E-state index in [9.17, 15) is 0 Å². The van der Waals surface area contributed by atoms with E-state index in [-0.39, 0.29) is 5.88 Å². The quantitative estimate of drug-likeness (QED) is 0.708. The molecule has 3 nitrogen and oxygen atoms in total.